The zero-order valence-electron chi connectivity index (χ0n) is 18.2. The molecular weight excluding hydrogens is 427 g/mol. The molecule has 0 saturated heterocycles. The highest BCUT2D eigenvalue weighted by Gasteiger charge is 2.34. The highest BCUT2D eigenvalue weighted by Crippen LogP contribution is 2.44. The van der Waals surface area contributed by atoms with Crippen LogP contribution in [0.3, 0.4) is 0 Å². The molecule has 168 valence electrons. The normalized spacial score (nSPS) is 15.8. The molecule has 1 saturated carbocycles. The molecule has 0 amide bonds. The van der Waals surface area contributed by atoms with Gasteiger partial charge >= 0.3 is 8.25 Å². The third kappa shape index (κ3) is 8.28. The van der Waals surface area contributed by atoms with Crippen LogP contribution >= 0.6 is 20.0 Å². The number of aromatic nitrogens is 1. The zero-order chi connectivity index (χ0) is 21.8. The van der Waals surface area contributed by atoms with E-state index in [9.17, 15) is 4.57 Å². The van der Waals surface area contributed by atoms with Crippen molar-refractivity contribution in [2.45, 2.75) is 68.2 Å². The van der Waals surface area contributed by atoms with Crippen LogP contribution in [-0.2, 0) is 21.0 Å². The average Bonchev–Trinajstić information content (AvgIpc) is 3.27. The number of nitrogens with one attached hydrogen (secondary N) is 1. The van der Waals surface area contributed by atoms with Crippen molar-refractivity contribution in [2.75, 3.05) is 18.9 Å². The Hall–Kier alpha value is -1.30. The van der Waals surface area contributed by atoms with Gasteiger partial charge in [-0.15, -0.1) is 21.2 Å². The fourth-order valence-electron chi connectivity index (χ4n) is 4.44. The summed E-state index contributed by atoms with van der Waals surface area (Å²) in [6.07, 6.45) is 11.9. The fourth-order valence-corrected chi connectivity index (χ4v) is 5.60. The van der Waals surface area contributed by atoms with Crippen molar-refractivity contribution in [3.8, 4) is 0 Å². The molecule has 1 heterocycles. The molecule has 1 aliphatic rings. The van der Waals surface area contributed by atoms with Gasteiger partial charge in [-0.2, -0.15) is 0 Å². The smallest absolute Gasteiger partial charge is 0.311 e. The summed E-state index contributed by atoms with van der Waals surface area (Å²) in [5.74, 6) is 1.14. The molecule has 1 aromatic heterocycles. The third-order valence-corrected chi connectivity index (χ3v) is 7.54. The minimum atomic E-state index is -2.49. The van der Waals surface area contributed by atoms with Gasteiger partial charge < -0.3 is 5.32 Å². The van der Waals surface area contributed by atoms with Gasteiger partial charge in [-0.1, -0.05) is 49.6 Å². The molecule has 0 aliphatic heterocycles. The minimum Gasteiger partial charge on any atom is -0.311 e. The second-order valence-corrected chi connectivity index (χ2v) is 10.1. The molecular formula is C24H34N2O3PS+. The lowest BCUT2D eigenvalue weighted by atomic mass is 9.75. The van der Waals surface area contributed by atoms with E-state index in [1.54, 1.807) is 5.56 Å². The van der Waals surface area contributed by atoms with Gasteiger partial charge in [-0.25, -0.2) is 0 Å². The maximum Gasteiger partial charge on any atom is 0.694 e. The van der Waals surface area contributed by atoms with Gasteiger partial charge in [0.2, 0.25) is 0 Å². The van der Waals surface area contributed by atoms with Crippen molar-refractivity contribution in [2.24, 2.45) is 0 Å². The van der Waals surface area contributed by atoms with E-state index in [0.717, 1.165) is 18.0 Å². The SMILES string of the molecule is O=[P+](O)OCCCNCc1ccc(SCCCCC2(c3ccccc3)CCCC2)cn1. The summed E-state index contributed by atoms with van der Waals surface area (Å²) >= 11 is 1.89. The molecule has 7 heteroatoms. The second-order valence-electron chi connectivity index (χ2n) is 8.25. The van der Waals surface area contributed by atoms with Gasteiger partial charge in [-0.3, -0.25) is 4.98 Å². The number of hydrogen-bond acceptors (Lipinski definition) is 5. The monoisotopic (exact) mass is 461 g/mol. The summed E-state index contributed by atoms with van der Waals surface area (Å²) in [7, 11) is -2.49. The van der Waals surface area contributed by atoms with E-state index in [1.165, 1.54) is 49.8 Å². The Labute approximate surface area is 191 Å². The van der Waals surface area contributed by atoms with Gasteiger partial charge in [0.1, 0.15) is 6.61 Å². The maximum atomic E-state index is 10.4. The van der Waals surface area contributed by atoms with Gasteiger partial charge in [0, 0.05) is 22.2 Å². The van der Waals surface area contributed by atoms with E-state index < -0.39 is 8.25 Å². The minimum absolute atomic E-state index is 0.286. The predicted molar refractivity (Wildman–Crippen MR) is 128 cm³/mol. The van der Waals surface area contributed by atoms with Gasteiger partial charge in [0.05, 0.1) is 5.69 Å². The van der Waals surface area contributed by atoms with Crippen molar-refractivity contribution in [1.29, 1.82) is 0 Å². The van der Waals surface area contributed by atoms with Crippen LogP contribution in [-0.4, -0.2) is 28.8 Å². The Morgan fingerprint density at radius 1 is 1.10 bits per heavy atom. The largest absolute Gasteiger partial charge is 0.694 e. The van der Waals surface area contributed by atoms with Crippen molar-refractivity contribution >= 4 is 20.0 Å². The van der Waals surface area contributed by atoms with Crippen molar-refractivity contribution < 1.29 is 14.0 Å². The van der Waals surface area contributed by atoms with E-state index in [-0.39, 0.29) is 6.61 Å². The van der Waals surface area contributed by atoms with Crippen molar-refractivity contribution in [1.82, 2.24) is 10.3 Å². The van der Waals surface area contributed by atoms with Crippen LogP contribution in [0, 0.1) is 0 Å². The van der Waals surface area contributed by atoms with Gasteiger partial charge in [-0.05, 0) is 67.5 Å². The van der Waals surface area contributed by atoms with Crippen LogP contribution in [0.1, 0.15) is 62.6 Å². The molecule has 1 atom stereocenters. The summed E-state index contributed by atoms with van der Waals surface area (Å²) in [6.45, 7) is 1.71. The molecule has 3 rings (SSSR count). The van der Waals surface area contributed by atoms with Crippen LogP contribution in [0.15, 0.2) is 53.6 Å². The summed E-state index contributed by atoms with van der Waals surface area (Å²) in [4.78, 5) is 14.3. The Balaban J connectivity index is 1.31. The zero-order valence-corrected chi connectivity index (χ0v) is 19.9. The molecule has 2 N–H and O–H groups in total. The van der Waals surface area contributed by atoms with E-state index in [2.05, 4.69) is 57.3 Å². The molecule has 1 aliphatic carbocycles. The number of hydrogen-bond donors (Lipinski definition) is 2. The first-order valence-corrected chi connectivity index (χ1v) is 13.4. The average molecular weight is 462 g/mol. The van der Waals surface area contributed by atoms with Gasteiger partial charge in [0.15, 0.2) is 0 Å². The molecule has 1 unspecified atom stereocenters. The molecule has 0 radical (unpaired) electrons. The van der Waals surface area contributed by atoms with E-state index in [1.807, 2.05) is 18.0 Å². The van der Waals surface area contributed by atoms with Crippen LogP contribution in [0.4, 0.5) is 0 Å². The van der Waals surface area contributed by atoms with Crippen LogP contribution in [0.5, 0.6) is 0 Å². The second kappa shape index (κ2) is 13.3. The van der Waals surface area contributed by atoms with Crippen molar-refractivity contribution in [3.63, 3.8) is 0 Å². The molecule has 0 spiro atoms. The number of thioether (sulfide) groups is 1. The Bertz CT molecular complexity index is 783. The lowest BCUT2D eigenvalue weighted by molar-refractivity contribution is 0.276. The Morgan fingerprint density at radius 3 is 2.61 bits per heavy atom. The summed E-state index contributed by atoms with van der Waals surface area (Å²) in [5.41, 5.74) is 2.97. The van der Waals surface area contributed by atoms with Crippen LogP contribution in [0.25, 0.3) is 0 Å². The molecule has 1 aromatic carbocycles. The summed E-state index contributed by atoms with van der Waals surface area (Å²) in [6, 6.07) is 15.4. The molecule has 5 nitrogen and oxygen atoms in total. The first kappa shape index (κ1) is 24.3. The molecule has 31 heavy (non-hydrogen) atoms. The maximum absolute atomic E-state index is 10.4. The first-order chi connectivity index (χ1) is 15.2. The van der Waals surface area contributed by atoms with Gasteiger partial charge in [0.25, 0.3) is 0 Å². The predicted octanol–water partition coefficient (Wildman–Crippen LogP) is 6.00. The molecule has 1 fully saturated rings. The highest BCUT2D eigenvalue weighted by molar-refractivity contribution is 7.99. The summed E-state index contributed by atoms with van der Waals surface area (Å²) in [5, 5.41) is 3.27. The van der Waals surface area contributed by atoms with E-state index in [4.69, 9.17) is 4.89 Å². The number of unbranched alkanes of at least 4 members (excludes halogenated alkanes) is 1. The Kier molecular flexibility index (Phi) is 10.4. The van der Waals surface area contributed by atoms with E-state index >= 15 is 0 Å². The quantitative estimate of drug-likeness (QED) is 0.204. The Morgan fingerprint density at radius 2 is 1.90 bits per heavy atom. The third-order valence-electron chi connectivity index (χ3n) is 6.07. The number of pyridine rings is 1. The number of rotatable bonds is 14. The van der Waals surface area contributed by atoms with Crippen molar-refractivity contribution in [3.05, 3.63) is 59.9 Å². The summed E-state index contributed by atoms with van der Waals surface area (Å²) < 4.78 is 15.1. The lowest BCUT2D eigenvalue weighted by Crippen LogP contribution is -2.21. The highest BCUT2D eigenvalue weighted by atomic mass is 32.2. The topological polar surface area (TPSA) is 71.5 Å². The van der Waals surface area contributed by atoms with E-state index in [0.29, 0.717) is 18.4 Å². The molecule has 0 bridgehead atoms. The molecule has 2 aromatic rings. The van der Waals surface area contributed by atoms with Crippen LogP contribution < -0.4 is 5.32 Å². The number of nitrogens with zero attached hydrogens (tertiary/aromatic N) is 1. The standard InChI is InChI=1S/C24H33N2O3PS/c27-30(28)29-17-8-16-25-19-22-11-12-23(20-26-22)31-18-7-6-15-24(13-4-5-14-24)21-9-2-1-3-10-21/h1-3,9-12,20,25H,4-8,13-19H2/p+1. The fraction of sp³-hybridized carbons (Fsp3) is 0.542. The number of benzene rings is 1. The van der Waals surface area contributed by atoms with Crippen LogP contribution in [0.2, 0.25) is 0 Å². The lowest BCUT2D eigenvalue weighted by Gasteiger charge is -2.30. The first-order valence-electron chi connectivity index (χ1n) is 11.3.